The summed E-state index contributed by atoms with van der Waals surface area (Å²) in [6.07, 6.45) is 1.44. The van der Waals surface area contributed by atoms with E-state index in [1.807, 2.05) is 42.5 Å². The third-order valence-corrected chi connectivity index (χ3v) is 6.80. The highest BCUT2D eigenvalue weighted by molar-refractivity contribution is 7.80. The molecular formula is C21H28O3SSi. The Kier molecular flexibility index (Phi) is 7.09. The molecule has 2 aromatic rings. The number of hydrogen-bond donors (Lipinski definition) is 3. The summed E-state index contributed by atoms with van der Waals surface area (Å²) in [5.41, 5.74) is 3.93. The molecule has 0 heterocycles. The molecule has 2 N–H and O–H groups in total. The summed E-state index contributed by atoms with van der Waals surface area (Å²) in [6, 6.07) is 14.7. The second-order valence-corrected chi connectivity index (χ2v) is 14.1. The van der Waals surface area contributed by atoms with Crippen LogP contribution in [-0.2, 0) is 17.8 Å². The van der Waals surface area contributed by atoms with Crippen LogP contribution >= 0.6 is 12.6 Å². The first-order chi connectivity index (χ1) is 12.2. The van der Waals surface area contributed by atoms with Crippen molar-refractivity contribution in [2.45, 2.75) is 55.9 Å². The second kappa shape index (κ2) is 8.89. The van der Waals surface area contributed by atoms with Crippen LogP contribution in [0.2, 0.25) is 25.7 Å². The summed E-state index contributed by atoms with van der Waals surface area (Å²) in [5, 5.41) is 18.8. The first kappa shape index (κ1) is 20.7. The molecule has 5 heteroatoms. The van der Waals surface area contributed by atoms with E-state index < -0.39 is 20.0 Å². The van der Waals surface area contributed by atoms with Gasteiger partial charge in [-0.05, 0) is 41.2 Å². The number of carbonyl (C=O) groups is 1. The van der Waals surface area contributed by atoms with Crippen LogP contribution in [0.4, 0.5) is 0 Å². The number of hydrogen-bond acceptors (Lipinski definition) is 3. The smallest absolute Gasteiger partial charge is 0.310 e. The van der Waals surface area contributed by atoms with E-state index in [1.165, 1.54) is 0 Å². The molecule has 140 valence electrons. The quantitative estimate of drug-likeness (QED) is 0.443. The molecule has 1 unspecified atom stereocenters. The molecule has 0 aliphatic rings. The molecular weight excluding hydrogens is 360 g/mol. The Hall–Kier alpha value is -1.56. The van der Waals surface area contributed by atoms with Gasteiger partial charge in [-0.1, -0.05) is 62.1 Å². The molecule has 0 amide bonds. The Bertz CT molecular complexity index is 751. The molecule has 0 aliphatic heterocycles. The minimum absolute atomic E-state index is 0.0105. The van der Waals surface area contributed by atoms with E-state index >= 15 is 0 Å². The molecule has 3 nitrogen and oxygen atoms in total. The molecule has 0 spiro atoms. The van der Waals surface area contributed by atoms with Gasteiger partial charge in [0.1, 0.15) is 0 Å². The number of aliphatic hydroxyl groups is 1. The van der Waals surface area contributed by atoms with Gasteiger partial charge in [-0.15, -0.1) is 12.6 Å². The predicted octanol–water partition coefficient (Wildman–Crippen LogP) is 4.95. The van der Waals surface area contributed by atoms with Gasteiger partial charge in [0.05, 0.1) is 12.5 Å². The van der Waals surface area contributed by atoms with E-state index in [0.717, 1.165) is 39.6 Å². The normalized spacial score (nSPS) is 12.8. The highest BCUT2D eigenvalue weighted by Gasteiger charge is 2.23. The van der Waals surface area contributed by atoms with Gasteiger partial charge < -0.3 is 10.2 Å². The largest absolute Gasteiger partial charge is 0.481 e. The number of rotatable bonds is 8. The van der Waals surface area contributed by atoms with E-state index in [-0.39, 0.29) is 6.61 Å². The summed E-state index contributed by atoms with van der Waals surface area (Å²) in [4.78, 5) is 12.5. The maximum absolute atomic E-state index is 11.7. The zero-order valence-electron chi connectivity index (χ0n) is 15.7. The molecule has 0 aromatic heterocycles. The SMILES string of the molecule is C[Si](C)(C)CCC(C(=O)O)c1ccc(Cc2ccc(CO)cc2S)cc1. The molecule has 0 saturated carbocycles. The zero-order chi connectivity index (χ0) is 19.3. The van der Waals surface area contributed by atoms with Crippen LogP contribution in [0.5, 0.6) is 0 Å². The molecule has 0 bridgehead atoms. The van der Waals surface area contributed by atoms with Gasteiger partial charge in [0.2, 0.25) is 0 Å². The monoisotopic (exact) mass is 388 g/mol. The molecule has 2 aromatic carbocycles. The summed E-state index contributed by atoms with van der Waals surface area (Å²) >= 11 is 4.50. The predicted molar refractivity (Wildman–Crippen MR) is 112 cm³/mol. The van der Waals surface area contributed by atoms with Gasteiger partial charge in [0.15, 0.2) is 0 Å². The van der Waals surface area contributed by atoms with Crippen LogP contribution in [-0.4, -0.2) is 24.3 Å². The summed E-state index contributed by atoms with van der Waals surface area (Å²) in [7, 11) is -1.26. The first-order valence-electron chi connectivity index (χ1n) is 8.93. The van der Waals surface area contributed by atoms with Gasteiger partial charge in [-0.25, -0.2) is 0 Å². The third kappa shape index (κ3) is 6.00. The third-order valence-electron chi connectivity index (χ3n) is 4.59. The van der Waals surface area contributed by atoms with Crippen molar-refractivity contribution >= 4 is 26.7 Å². The average Bonchev–Trinajstić information content (AvgIpc) is 2.57. The highest BCUT2D eigenvalue weighted by Crippen LogP contribution is 2.27. The molecule has 2 rings (SSSR count). The number of benzene rings is 2. The Balaban J connectivity index is 2.12. The number of carboxylic acids is 1. The molecule has 26 heavy (non-hydrogen) atoms. The summed E-state index contributed by atoms with van der Waals surface area (Å²) < 4.78 is 0. The van der Waals surface area contributed by atoms with Gasteiger partial charge >= 0.3 is 5.97 Å². The minimum atomic E-state index is -1.26. The average molecular weight is 389 g/mol. The van der Waals surface area contributed by atoms with Crippen molar-refractivity contribution in [2.75, 3.05) is 0 Å². The summed E-state index contributed by atoms with van der Waals surface area (Å²) in [6.45, 7) is 6.82. The van der Waals surface area contributed by atoms with Crippen molar-refractivity contribution in [1.29, 1.82) is 0 Å². The lowest BCUT2D eigenvalue weighted by Gasteiger charge is -2.19. The van der Waals surface area contributed by atoms with Crippen molar-refractivity contribution in [2.24, 2.45) is 0 Å². The second-order valence-electron chi connectivity index (χ2n) is 8.03. The van der Waals surface area contributed by atoms with Crippen LogP contribution in [0.1, 0.15) is 34.6 Å². The standard InChI is InChI=1S/C21H28O3SSi/c1-26(2,3)11-10-19(21(23)24)17-7-4-15(5-8-17)12-18-9-6-16(14-22)13-20(18)25/h4-9,13,19,22,25H,10-12,14H2,1-3H3,(H,23,24). The molecule has 0 saturated heterocycles. The van der Waals surface area contributed by atoms with Crippen molar-refractivity contribution in [3.63, 3.8) is 0 Å². The number of aliphatic hydroxyl groups excluding tert-OH is 1. The Labute approximate surface area is 162 Å². The Morgan fingerprint density at radius 3 is 2.19 bits per heavy atom. The van der Waals surface area contributed by atoms with Crippen LogP contribution in [0, 0.1) is 0 Å². The lowest BCUT2D eigenvalue weighted by atomic mass is 9.94. The Morgan fingerprint density at radius 2 is 1.69 bits per heavy atom. The fraction of sp³-hybridized carbons (Fsp3) is 0.381. The van der Waals surface area contributed by atoms with E-state index in [0.29, 0.717) is 6.42 Å². The molecule has 0 radical (unpaired) electrons. The van der Waals surface area contributed by atoms with Crippen LogP contribution in [0.3, 0.4) is 0 Å². The van der Waals surface area contributed by atoms with Crippen molar-refractivity contribution in [3.8, 4) is 0 Å². The fourth-order valence-electron chi connectivity index (χ4n) is 2.96. The van der Waals surface area contributed by atoms with Gasteiger partial charge in [-0.3, -0.25) is 4.79 Å². The number of carboxylic acid groups (broad SMARTS) is 1. The summed E-state index contributed by atoms with van der Waals surface area (Å²) in [5.74, 6) is -1.17. The van der Waals surface area contributed by atoms with Gasteiger partial charge in [-0.2, -0.15) is 0 Å². The number of thiol groups is 1. The Morgan fingerprint density at radius 1 is 1.08 bits per heavy atom. The van der Waals surface area contributed by atoms with Crippen LogP contribution < -0.4 is 0 Å². The number of aliphatic carboxylic acids is 1. The fourth-order valence-corrected chi connectivity index (χ4v) is 4.43. The van der Waals surface area contributed by atoms with Crippen molar-refractivity contribution < 1.29 is 15.0 Å². The lowest BCUT2D eigenvalue weighted by molar-refractivity contribution is -0.138. The minimum Gasteiger partial charge on any atom is -0.481 e. The van der Waals surface area contributed by atoms with E-state index in [2.05, 4.69) is 32.3 Å². The van der Waals surface area contributed by atoms with Crippen molar-refractivity contribution in [1.82, 2.24) is 0 Å². The highest BCUT2D eigenvalue weighted by atomic mass is 32.1. The zero-order valence-corrected chi connectivity index (χ0v) is 17.6. The molecule has 0 fully saturated rings. The topological polar surface area (TPSA) is 57.5 Å². The van der Waals surface area contributed by atoms with Crippen molar-refractivity contribution in [3.05, 3.63) is 64.7 Å². The van der Waals surface area contributed by atoms with Crippen LogP contribution in [0.15, 0.2) is 47.4 Å². The molecule has 1 atom stereocenters. The van der Waals surface area contributed by atoms with E-state index in [4.69, 9.17) is 0 Å². The lowest BCUT2D eigenvalue weighted by Crippen LogP contribution is -2.22. The van der Waals surface area contributed by atoms with Gasteiger partial charge in [0.25, 0.3) is 0 Å². The molecule has 0 aliphatic carbocycles. The van der Waals surface area contributed by atoms with Crippen LogP contribution in [0.25, 0.3) is 0 Å². The van der Waals surface area contributed by atoms with E-state index in [1.54, 1.807) is 0 Å². The van der Waals surface area contributed by atoms with E-state index in [9.17, 15) is 15.0 Å². The maximum Gasteiger partial charge on any atom is 0.310 e. The maximum atomic E-state index is 11.7. The first-order valence-corrected chi connectivity index (χ1v) is 13.1. The van der Waals surface area contributed by atoms with Gasteiger partial charge in [0, 0.05) is 13.0 Å².